The molecule has 3 aromatic rings. The lowest BCUT2D eigenvalue weighted by atomic mass is 10.1. The molecular formula is C21H18FNO2. The van der Waals surface area contributed by atoms with E-state index in [1.807, 2.05) is 54.6 Å². The van der Waals surface area contributed by atoms with Crippen molar-refractivity contribution in [3.05, 3.63) is 84.7 Å². The number of nitrogens with one attached hydrogen (secondary N) is 1. The molecular weight excluding hydrogens is 317 g/mol. The maximum Gasteiger partial charge on any atom is 0.227 e. The third-order valence-electron chi connectivity index (χ3n) is 3.69. The Bertz CT molecular complexity index is 832. The highest BCUT2D eigenvalue weighted by Crippen LogP contribution is 2.29. The molecule has 0 fully saturated rings. The van der Waals surface area contributed by atoms with E-state index in [1.54, 1.807) is 0 Å². The maximum atomic E-state index is 12.9. The number of rotatable bonds is 6. The molecule has 0 aliphatic carbocycles. The molecule has 126 valence electrons. The monoisotopic (exact) mass is 335 g/mol. The highest BCUT2D eigenvalue weighted by molar-refractivity contribution is 5.90. The second kappa shape index (κ2) is 8.11. The highest BCUT2D eigenvalue weighted by atomic mass is 19.1. The van der Waals surface area contributed by atoms with E-state index in [4.69, 9.17) is 4.74 Å². The molecule has 3 aromatic carbocycles. The van der Waals surface area contributed by atoms with Crippen LogP contribution in [0.15, 0.2) is 78.9 Å². The molecule has 0 saturated heterocycles. The Morgan fingerprint density at radius 3 is 2.32 bits per heavy atom. The van der Waals surface area contributed by atoms with E-state index in [2.05, 4.69) is 5.32 Å². The molecule has 0 atom stereocenters. The first-order valence-electron chi connectivity index (χ1n) is 8.05. The number of hydrogen-bond acceptors (Lipinski definition) is 2. The number of ether oxygens (including phenoxy) is 1. The van der Waals surface area contributed by atoms with Gasteiger partial charge in [0.15, 0.2) is 0 Å². The summed E-state index contributed by atoms with van der Waals surface area (Å²) in [6, 6.07) is 23.4. The van der Waals surface area contributed by atoms with Crippen molar-refractivity contribution >= 4 is 11.6 Å². The predicted octanol–water partition coefficient (Wildman–Crippen LogP) is 4.90. The number of carbonyl (C=O) groups is 1. The predicted molar refractivity (Wildman–Crippen MR) is 97.0 cm³/mol. The van der Waals surface area contributed by atoms with Crippen LogP contribution in [0.25, 0.3) is 11.1 Å². The van der Waals surface area contributed by atoms with Gasteiger partial charge in [0.2, 0.25) is 5.91 Å². The molecule has 0 radical (unpaired) electrons. The Labute approximate surface area is 146 Å². The third-order valence-corrected chi connectivity index (χ3v) is 3.69. The number of benzene rings is 3. The van der Waals surface area contributed by atoms with Gasteiger partial charge in [-0.1, -0.05) is 48.5 Å². The number of amides is 1. The van der Waals surface area contributed by atoms with Crippen LogP contribution in [0.4, 0.5) is 10.1 Å². The summed E-state index contributed by atoms with van der Waals surface area (Å²) < 4.78 is 18.7. The van der Waals surface area contributed by atoms with Crippen LogP contribution in [-0.4, -0.2) is 12.5 Å². The molecule has 0 unspecified atom stereocenters. The van der Waals surface area contributed by atoms with Gasteiger partial charge < -0.3 is 10.1 Å². The van der Waals surface area contributed by atoms with Gasteiger partial charge in [0, 0.05) is 11.3 Å². The number of hydrogen-bond donors (Lipinski definition) is 1. The van der Waals surface area contributed by atoms with Crippen LogP contribution in [0.3, 0.4) is 0 Å². The van der Waals surface area contributed by atoms with Gasteiger partial charge in [-0.25, -0.2) is 4.39 Å². The first kappa shape index (κ1) is 16.7. The Hall–Kier alpha value is -3.14. The largest absolute Gasteiger partial charge is 0.492 e. The Balaban J connectivity index is 1.57. The van der Waals surface area contributed by atoms with Crippen LogP contribution in [0.2, 0.25) is 0 Å². The van der Waals surface area contributed by atoms with Gasteiger partial charge in [0.1, 0.15) is 11.6 Å². The molecule has 3 nitrogen and oxygen atoms in total. The van der Waals surface area contributed by atoms with E-state index < -0.39 is 0 Å². The molecule has 3 rings (SSSR count). The molecule has 1 amide bonds. The minimum absolute atomic E-state index is 0.177. The van der Waals surface area contributed by atoms with E-state index in [0.29, 0.717) is 5.69 Å². The van der Waals surface area contributed by atoms with Crippen molar-refractivity contribution < 1.29 is 13.9 Å². The summed E-state index contributed by atoms with van der Waals surface area (Å²) in [6.45, 7) is 0.261. The van der Waals surface area contributed by atoms with Crippen LogP contribution in [0.5, 0.6) is 5.75 Å². The molecule has 0 aromatic heterocycles. The lowest BCUT2D eigenvalue weighted by Gasteiger charge is -2.12. The fraction of sp³-hybridized carbons (Fsp3) is 0.0952. The van der Waals surface area contributed by atoms with Crippen LogP contribution in [0, 0.1) is 5.82 Å². The minimum atomic E-state index is -0.334. The van der Waals surface area contributed by atoms with Gasteiger partial charge in [-0.3, -0.25) is 4.79 Å². The van der Waals surface area contributed by atoms with Crippen molar-refractivity contribution in [2.45, 2.75) is 6.42 Å². The molecule has 0 bridgehead atoms. The van der Waals surface area contributed by atoms with Crippen molar-refractivity contribution in [3.8, 4) is 16.9 Å². The quantitative estimate of drug-likeness (QED) is 0.696. The summed E-state index contributed by atoms with van der Waals surface area (Å²) in [5, 5.41) is 2.72. The number of anilines is 1. The average molecular weight is 335 g/mol. The topological polar surface area (TPSA) is 38.3 Å². The van der Waals surface area contributed by atoms with E-state index in [-0.39, 0.29) is 24.8 Å². The molecule has 4 heteroatoms. The molecule has 0 saturated carbocycles. The summed E-state index contributed by atoms with van der Waals surface area (Å²) in [5.74, 6) is 0.228. The van der Waals surface area contributed by atoms with Crippen molar-refractivity contribution in [2.24, 2.45) is 0 Å². The Morgan fingerprint density at radius 2 is 1.56 bits per heavy atom. The SMILES string of the molecule is O=C(CCOc1ccccc1-c1ccccc1)Nc1ccc(F)cc1. The summed E-state index contributed by atoms with van der Waals surface area (Å²) >= 11 is 0. The van der Waals surface area contributed by atoms with Gasteiger partial charge in [-0.2, -0.15) is 0 Å². The third kappa shape index (κ3) is 4.67. The lowest BCUT2D eigenvalue weighted by molar-refractivity contribution is -0.116. The first-order valence-corrected chi connectivity index (χ1v) is 8.05. The molecule has 0 aliphatic heterocycles. The van der Waals surface area contributed by atoms with Crippen LogP contribution >= 0.6 is 0 Å². The summed E-state index contributed by atoms with van der Waals surface area (Å²) in [4.78, 5) is 12.0. The highest BCUT2D eigenvalue weighted by Gasteiger charge is 2.07. The zero-order valence-corrected chi connectivity index (χ0v) is 13.6. The van der Waals surface area contributed by atoms with E-state index in [1.165, 1.54) is 24.3 Å². The zero-order chi connectivity index (χ0) is 17.5. The number of para-hydroxylation sites is 1. The second-order valence-corrected chi connectivity index (χ2v) is 5.52. The van der Waals surface area contributed by atoms with Gasteiger partial charge in [-0.15, -0.1) is 0 Å². The number of carbonyl (C=O) groups excluding carboxylic acids is 1. The smallest absolute Gasteiger partial charge is 0.227 e. The van der Waals surface area contributed by atoms with Crippen LogP contribution in [0.1, 0.15) is 6.42 Å². The molecule has 0 heterocycles. The van der Waals surface area contributed by atoms with Crippen LogP contribution in [-0.2, 0) is 4.79 Å². The van der Waals surface area contributed by atoms with Crippen molar-refractivity contribution in [2.75, 3.05) is 11.9 Å². The lowest BCUT2D eigenvalue weighted by Crippen LogP contribution is -2.15. The minimum Gasteiger partial charge on any atom is -0.492 e. The van der Waals surface area contributed by atoms with Crippen molar-refractivity contribution in [3.63, 3.8) is 0 Å². The van der Waals surface area contributed by atoms with Crippen molar-refractivity contribution in [1.82, 2.24) is 0 Å². The fourth-order valence-electron chi connectivity index (χ4n) is 2.46. The Morgan fingerprint density at radius 1 is 0.880 bits per heavy atom. The molecule has 1 N–H and O–H groups in total. The van der Waals surface area contributed by atoms with Gasteiger partial charge in [0.25, 0.3) is 0 Å². The van der Waals surface area contributed by atoms with E-state index in [9.17, 15) is 9.18 Å². The fourth-order valence-corrected chi connectivity index (χ4v) is 2.46. The molecule has 0 spiro atoms. The summed E-state index contributed by atoms with van der Waals surface area (Å²) in [7, 11) is 0. The standard InChI is InChI=1S/C21H18FNO2/c22-17-10-12-18(13-11-17)23-21(24)14-15-25-20-9-5-4-8-19(20)16-6-2-1-3-7-16/h1-13H,14-15H2,(H,23,24). The van der Waals surface area contributed by atoms with Gasteiger partial charge in [-0.05, 0) is 35.9 Å². The van der Waals surface area contributed by atoms with Crippen molar-refractivity contribution in [1.29, 1.82) is 0 Å². The average Bonchev–Trinajstić information content (AvgIpc) is 2.65. The molecule has 25 heavy (non-hydrogen) atoms. The van der Waals surface area contributed by atoms with Crippen LogP contribution < -0.4 is 10.1 Å². The summed E-state index contributed by atoms with van der Waals surface area (Å²) in [6.07, 6.45) is 0.209. The molecule has 0 aliphatic rings. The number of halogens is 1. The van der Waals surface area contributed by atoms with E-state index in [0.717, 1.165) is 16.9 Å². The normalized spacial score (nSPS) is 10.3. The first-order chi connectivity index (χ1) is 12.2. The second-order valence-electron chi connectivity index (χ2n) is 5.52. The zero-order valence-electron chi connectivity index (χ0n) is 13.6. The summed E-state index contributed by atoms with van der Waals surface area (Å²) in [5.41, 5.74) is 2.62. The van der Waals surface area contributed by atoms with E-state index >= 15 is 0 Å². The Kier molecular flexibility index (Phi) is 5.42. The van der Waals surface area contributed by atoms with Gasteiger partial charge >= 0.3 is 0 Å². The van der Waals surface area contributed by atoms with Gasteiger partial charge in [0.05, 0.1) is 13.0 Å². The maximum absolute atomic E-state index is 12.9.